The van der Waals surface area contributed by atoms with E-state index in [0.29, 0.717) is 58.0 Å². The van der Waals surface area contributed by atoms with Crippen molar-refractivity contribution in [3.05, 3.63) is 58.7 Å². The lowest BCUT2D eigenvalue weighted by Gasteiger charge is -2.38. The number of pyridine rings is 2. The van der Waals surface area contributed by atoms with Crippen LogP contribution in [0.2, 0.25) is 0 Å². The van der Waals surface area contributed by atoms with Crippen molar-refractivity contribution in [1.82, 2.24) is 50.4 Å². The zero-order valence-corrected chi connectivity index (χ0v) is 34.3. The number of likely N-dealkylation sites (N-methyl/N-ethyl adjacent to an activating group) is 2. The molecule has 59 heavy (non-hydrogen) atoms. The van der Waals surface area contributed by atoms with Crippen molar-refractivity contribution in [3.63, 3.8) is 0 Å². The van der Waals surface area contributed by atoms with Crippen molar-refractivity contribution in [2.75, 3.05) is 50.1 Å². The Balaban J connectivity index is 0.000000180. The van der Waals surface area contributed by atoms with E-state index in [1.54, 1.807) is 62.2 Å². The number of aryl methyl sites for hydroxylation is 2. The summed E-state index contributed by atoms with van der Waals surface area (Å²) in [5.41, 5.74) is 3.64. The first kappa shape index (κ1) is 42.6. The number of nitrogens with one attached hydrogen (secondary N) is 3. The van der Waals surface area contributed by atoms with Crippen molar-refractivity contribution >= 4 is 35.3 Å². The minimum atomic E-state index is -0.745. The first-order chi connectivity index (χ1) is 28.2. The number of anilines is 2. The molecule has 0 aromatic carbocycles. The number of carboxylic acid groups (broad SMARTS) is 1. The zero-order chi connectivity index (χ0) is 42.5. The van der Waals surface area contributed by atoms with E-state index in [4.69, 9.17) is 5.11 Å². The second-order valence-electron chi connectivity index (χ2n) is 15.0. The second kappa shape index (κ2) is 18.3. The largest absolute Gasteiger partial charge is 0.481 e. The maximum atomic E-state index is 15.4. The Bertz CT molecular complexity index is 2220. The maximum absolute atomic E-state index is 15.4. The molecule has 8 rings (SSSR count). The molecule has 3 amide bonds. The van der Waals surface area contributed by atoms with E-state index >= 15 is 8.78 Å². The molecule has 2 saturated heterocycles. The van der Waals surface area contributed by atoms with Gasteiger partial charge >= 0.3 is 5.97 Å². The van der Waals surface area contributed by atoms with Gasteiger partial charge < -0.3 is 35.8 Å². The number of aromatic nitrogens is 6. The van der Waals surface area contributed by atoms with Crippen LogP contribution in [0.3, 0.4) is 0 Å². The number of hydrogen-bond donors (Lipinski definition) is 4. The summed E-state index contributed by atoms with van der Waals surface area (Å²) < 4.78 is 33.8. The van der Waals surface area contributed by atoms with Gasteiger partial charge in [0, 0.05) is 120 Å². The lowest BCUT2D eigenvalue weighted by atomic mass is 10.0. The molecule has 19 heteroatoms. The fourth-order valence-corrected chi connectivity index (χ4v) is 7.74. The lowest BCUT2D eigenvalue weighted by Crippen LogP contribution is -2.49. The molecular weight excluding hydrogens is 767 g/mol. The van der Waals surface area contributed by atoms with Crippen molar-refractivity contribution in [2.24, 2.45) is 14.1 Å². The molecular formula is C40H52F2N12O5. The Hall–Kier alpha value is -5.98. The number of fused-ring (bicyclic) bond motifs is 2. The zero-order valence-electron chi connectivity index (χ0n) is 34.3. The third kappa shape index (κ3) is 9.04. The van der Waals surface area contributed by atoms with Gasteiger partial charge in [0.1, 0.15) is 0 Å². The van der Waals surface area contributed by atoms with Crippen LogP contribution in [-0.4, -0.2) is 116 Å². The van der Waals surface area contributed by atoms with Crippen LogP contribution < -0.4 is 25.8 Å². The number of hydrogen-bond acceptors (Lipinski definition) is 11. The van der Waals surface area contributed by atoms with Crippen LogP contribution >= 0.6 is 0 Å². The highest BCUT2D eigenvalue weighted by atomic mass is 19.1. The predicted octanol–water partition coefficient (Wildman–Crippen LogP) is 3.24. The van der Waals surface area contributed by atoms with E-state index in [9.17, 15) is 19.2 Å². The molecule has 4 aliphatic heterocycles. The first-order valence-electron chi connectivity index (χ1n) is 19.9. The summed E-state index contributed by atoms with van der Waals surface area (Å²) in [6.45, 7) is 6.85. The molecule has 17 nitrogen and oxygen atoms in total. The van der Waals surface area contributed by atoms with Gasteiger partial charge in [-0.1, -0.05) is 13.8 Å². The molecule has 0 bridgehead atoms. The molecule has 4 aromatic rings. The molecule has 4 aromatic heterocycles. The summed E-state index contributed by atoms with van der Waals surface area (Å²) in [7, 11) is 7.25. The topological polar surface area (TPSA) is 196 Å². The Labute approximate surface area is 341 Å². The Morgan fingerprint density at radius 1 is 0.814 bits per heavy atom. The van der Waals surface area contributed by atoms with E-state index in [2.05, 4.69) is 36.1 Å². The van der Waals surface area contributed by atoms with Crippen LogP contribution in [0.5, 0.6) is 0 Å². The summed E-state index contributed by atoms with van der Waals surface area (Å²) >= 11 is 0. The Morgan fingerprint density at radius 3 is 1.73 bits per heavy atom. The highest BCUT2D eigenvalue weighted by Crippen LogP contribution is 2.36. The van der Waals surface area contributed by atoms with Crippen molar-refractivity contribution in [1.29, 1.82) is 0 Å². The third-order valence-corrected chi connectivity index (χ3v) is 11.1. The number of aliphatic carboxylic acids is 1. The molecule has 4 aliphatic rings. The average Bonchev–Trinajstić information content (AvgIpc) is 4.06. The quantitative estimate of drug-likeness (QED) is 0.203. The third-order valence-electron chi connectivity index (χ3n) is 11.1. The number of nitrogens with zero attached hydrogens (tertiary/aromatic N) is 9. The van der Waals surface area contributed by atoms with Gasteiger partial charge in [0.15, 0.2) is 23.3 Å². The van der Waals surface area contributed by atoms with E-state index in [0.717, 1.165) is 45.3 Å². The van der Waals surface area contributed by atoms with E-state index in [1.807, 2.05) is 28.7 Å². The summed E-state index contributed by atoms with van der Waals surface area (Å²) in [5.74, 6) is -1.63. The van der Waals surface area contributed by atoms with Crippen LogP contribution in [0, 0.1) is 11.6 Å². The van der Waals surface area contributed by atoms with E-state index in [1.165, 1.54) is 0 Å². The molecule has 0 saturated carbocycles. The number of likely N-dealkylation sites (tertiary alicyclic amines) is 1. The van der Waals surface area contributed by atoms with Crippen LogP contribution in [0.25, 0.3) is 22.5 Å². The molecule has 0 spiro atoms. The number of carbonyl (C=O) groups excluding carboxylic acids is 3. The highest BCUT2D eigenvalue weighted by Gasteiger charge is 2.35. The minimum Gasteiger partial charge on any atom is -0.481 e. The summed E-state index contributed by atoms with van der Waals surface area (Å²) in [6, 6.07) is 0.145. The number of halogens is 2. The van der Waals surface area contributed by atoms with Crippen LogP contribution in [0.1, 0.15) is 84.2 Å². The number of rotatable bonds is 8. The van der Waals surface area contributed by atoms with Crippen molar-refractivity contribution in [2.45, 2.75) is 77.5 Å². The molecule has 0 radical (unpaired) electrons. The molecule has 2 fully saturated rings. The number of piperidine rings is 2. The Kier molecular flexibility index (Phi) is 13.2. The van der Waals surface area contributed by atoms with Gasteiger partial charge in [0.2, 0.25) is 5.91 Å². The normalized spacial score (nSPS) is 18.1. The highest BCUT2D eigenvalue weighted by molar-refractivity contribution is 6.05. The minimum absolute atomic E-state index is 0.0360. The van der Waals surface area contributed by atoms with Gasteiger partial charge in [-0.05, 0) is 32.2 Å². The van der Waals surface area contributed by atoms with E-state index in [-0.39, 0.29) is 60.7 Å². The van der Waals surface area contributed by atoms with Gasteiger partial charge in [-0.2, -0.15) is 10.2 Å². The standard InChI is InChI=1S/C20H25FN6O2.C17H21FN6O.C3H6O2/c1-4-15(28)27-7-5-6-13(11-27)26(3)19-17(21)14-9-22-20(29)16(14)18(24-19)12-8-23-25(2)10-12;1-23-9-10(6-21-23)15-13-12(8-20-17(13)25)14(18)16(22-15)24(2)11-4-3-5-19-7-11;1-2-3(4)5/h8,10,13H,4-7,9,11H2,1-3H3,(H,22,29);6,9,11,19H,3-5,7-8H2,1-2H3,(H,20,25);2H2,1H3,(H,4,5). The van der Waals surface area contributed by atoms with Crippen LogP contribution in [0.15, 0.2) is 24.8 Å². The van der Waals surface area contributed by atoms with Crippen molar-refractivity contribution < 1.29 is 33.1 Å². The smallest absolute Gasteiger partial charge is 0.303 e. The fourth-order valence-electron chi connectivity index (χ4n) is 7.74. The summed E-state index contributed by atoms with van der Waals surface area (Å²) in [6.07, 6.45) is 11.3. The number of amides is 3. The fraction of sp³-hybridized carbons (Fsp3) is 0.500. The van der Waals surface area contributed by atoms with Gasteiger partial charge in [0.25, 0.3) is 11.8 Å². The van der Waals surface area contributed by atoms with Crippen molar-refractivity contribution in [3.8, 4) is 22.5 Å². The van der Waals surface area contributed by atoms with Gasteiger partial charge in [-0.15, -0.1) is 0 Å². The maximum Gasteiger partial charge on any atom is 0.303 e. The molecule has 4 N–H and O–H groups in total. The SMILES string of the molecule is CCC(=O)N1CCCC(N(C)c2nc(-c3cnn(C)c3)c3c(c2F)CNC3=O)C1.CCC(=O)O.CN(c1nc(-c2cnn(C)c2)c2c(c1F)CNC2=O)C1CCCNC1. The second-order valence-corrected chi connectivity index (χ2v) is 15.0. The molecule has 316 valence electrons. The van der Waals surface area contributed by atoms with Gasteiger partial charge in [-0.3, -0.25) is 28.5 Å². The van der Waals surface area contributed by atoms with Crippen LogP contribution in [0.4, 0.5) is 20.4 Å². The predicted molar refractivity (Wildman–Crippen MR) is 216 cm³/mol. The summed E-state index contributed by atoms with van der Waals surface area (Å²) in [5, 5.41) is 24.8. The summed E-state index contributed by atoms with van der Waals surface area (Å²) in [4.78, 5) is 60.8. The molecule has 2 atom stereocenters. The van der Waals surface area contributed by atoms with Crippen LogP contribution in [-0.2, 0) is 36.8 Å². The number of carboxylic acids is 1. The molecule has 0 aliphatic carbocycles. The lowest BCUT2D eigenvalue weighted by molar-refractivity contribution is -0.136. The Morgan fingerprint density at radius 2 is 1.31 bits per heavy atom. The van der Waals surface area contributed by atoms with Gasteiger partial charge in [0.05, 0.1) is 34.9 Å². The van der Waals surface area contributed by atoms with Gasteiger partial charge in [-0.25, -0.2) is 18.7 Å². The van der Waals surface area contributed by atoms with E-state index < -0.39 is 17.6 Å². The molecule has 8 heterocycles. The number of carbonyl (C=O) groups is 4. The molecule has 2 unspecified atom stereocenters. The first-order valence-corrected chi connectivity index (χ1v) is 19.9. The average molecular weight is 819 g/mol. The monoisotopic (exact) mass is 818 g/mol.